The van der Waals surface area contributed by atoms with E-state index in [1.165, 1.54) is 0 Å². The van der Waals surface area contributed by atoms with E-state index in [-0.39, 0.29) is 11.5 Å². The van der Waals surface area contributed by atoms with Crippen molar-refractivity contribution in [3.63, 3.8) is 0 Å². The van der Waals surface area contributed by atoms with E-state index in [0.29, 0.717) is 18.6 Å². The van der Waals surface area contributed by atoms with E-state index in [2.05, 4.69) is 6.92 Å². The molecule has 0 saturated carbocycles. The molecule has 0 unspecified atom stereocenters. The molecule has 0 aliphatic carbocycles. The van der Waals surface area contributed by atoms with E-state index in [0.717, 1.165) is 56.5 Å². The van der Waals surface area contributed by atoms with Crippen molar-refractivity contribution in [2.24, 2.45) is 0 Å². The van der Waals surface area contributed by atoms with Gasteiger partial charge in [0.25, 0.3) is 10.1 Å². The second kappa shape index (κ2) is 9.93. The Kier molecular flexibility index (Phi) is 9.02. The van der Waals surface area contributed by atoms with Gasteiger partial charge in [-0.3, -0.25) is 4.79 Å². The molecule has 1 rings (SSSR count). The van der Waals surface area contributed by atoms with Crippen LogP contribution in [0.15, 0.2) is 0 Å². The summed E-state index contributed by atoms with van der Waals surface area (Å²) in [6.45, 7) is 4.11. The van der Waals surface area contributed by atoms with Crippen molar-refractivity contribution in [1.82, 2.24) is 0 Å². The standard InChI is InChI=1S/C16H32O4S2/c1-3-5-7-8-11-16(17)15-21(12-9-10-13-21)20-22(18,19)14-6-4-2/h3-15H2,1-2H3. The normalized spacial score (nSPS) is 19.2. The second-order valence-electron chi connectivity index (χ2n) is 6.26. The highest BCUT2D eigenvalue weighted by Crippen LogP contribution is 2.56. The van der Waals surface area contributed by atoms with Gasteiger partial charge in [0.2, 0.25) is 0 Å². The third-order valence-electron chi connectivity index (χ3n) is 4.01. The summed E-state index contributed by atoms with van der Waals surface area (Å²) in [5.74, 6) is 2.18. The average Bonchev–Trinajstić information content (AvgIpc) is 2.88. The Bertz CT molecular complexity index is 425. The van der Waals surface area contributed by atoms with Gasteiger partial charge >= 0.3 is 0 Å². The van der Waals surface area contributed by atoms with Crippen molar-refractivity contribution < 1.29 is 16.8 Å². The zero-order chi connectivity index (χ0) is 16.5. The van der Waals surface area contributed by atoms with Crippen molar-refractivity contribution in [2.45, 2.75) is 71.6 Å². The van der Waals surface area contributed by atoms with E-state index in [1.807, 2.05) is 6.92 Å². The number of carbonyl (C=O) groups excluding carboxylic acids is 1. The number of carbonyl (C=O) groups is 1. The highest BCUT2D eigenvalue weighted by atomic mass is 32.3. The average molecular weight is 353 g/mol. The molecule has 1 saturated heterocycles. The van der Waals surface area contributed by atoms with Crippen LogP contribution in [-0.4, -0.2) is 37.2 Å². The van der Waals surface area contributed by atoms with Crippen LogP contribution >= 0.6 is 10.3 Å². The maximum atomic E-state index is 12.2. The van der Waals surface area contributed by atoms with Crippen LogP contribution in [0.5, 0.6) is 0 Å². The first-order valence-electron chi connectivity index (χ1n) is 8.65. The van der Waals surface area contributed by atoms with E-state index in [9.17, 15) is 13.2 Å². The molecule has 1 aliphatic heterocycles. The Hall–Kier alpha value is -0.0700. The lowest BCUT2D eigenvalue weighted by molar-refractivity contribution is -0.116. The molecule has 0 atom stereocenters. The van der Waals surface area contributed by atoms with Crippen LogP contribution in [0.2, 0.25) is 0 Å². The molecule has 0 aromatic carbocycles. The summed E-state index contributed by atoms with van der Waals surface area (Å²) in [5, 5.41) is 0. The summed E-state index contributed by atoms with van der Waals surface area (Å²) in [5.41, 5.74) is 0. The summed E-state index contributed by atoms with van der Waals surface area (Å²) in [7, 11) is -5.20. The van der Waals surface area contributed by atoms with Crippen molar-refractivity contribution in [3.05, 3.63) is 0 Å². The fourth-order valence-electron chi connectivity index (χ4n) is 2.76. The highest BCUT2D eigenvalue weighted by molar-refractivity contribution is 8.33. The minimum absolute atomic E-state index is 0.0863. The monoisotopic (exact) mass is 352 g/mol. The molecule has 4 nitrogen and oxygen atoms in total. The maximum Gasteiger partial charge on any atom is 0.276 e. The summed E-state index contributed by atoms with van der Waals surface area (Å²) in [4.78, 5) is 12.2. The van der Waals surface area contributed by atoms with Gasteiger partial charge in [-0.2, -0.15) is 8.42 Å². The van der Waals surface area contributed by atoms with Crippen molar-refractivity contribution >= 4 is 26.2 Å². The zero-order valence-corrected chi connectivity index (χ0v) is 15.8. The first-order valence-corrected chi connectivity index (χ1v) is 12.3. The van der Waals surface area contributed by atoms with Gasteiger partial charge in [0.15, 0.2) is 0 Å². The largest absolute Gasteiger partial charge is 0.299 e. The number of ketones is 1. The third kappa shape index (κ3) is 7.47. The minimum atomic E-state index is -3.48. The van der Waals surface area contributed by atoms with Crippen molar-refractivity contribution in [2.75, 3.05) is 23.0 Å². The summed E-state index contributed by atoms with van der Waals surface area (Å²) in [6, 6.07) is 0. The van der Waals surface area contributed by atoms with Crippen molar-refractivity contribution in [1.29, 1.82) is 0 Å². The van der Waals surface area contributed by atoms with Gasteiger partial charge in [-0.1, -0.05) is 39.5 Å². The third-order valence-corrected chi connectivity index (χ3v) is 9.70. The van der Waals surface area contributed by atoms with Gasteiger partial charge < -0.3 is 0 Å². The van der Waals surface area contributed by atoms with Crippen LogP contribution in [-0.2, 0) is 18.5 Å². The lowest BCUT2D eigenvalue weighted by Crippen LogP contribution is -2.22. The summed E-state index contributed by atoms with van der Waals surface area (Å²) >= 11 is 0. The minimum Gasteiger partial charge on any atom is -0.299 e. The smallest absolute Gasteiger partial charge is 0.276 e. The Morgan fingerprint density at radius 2 is 1.64 bits per heavy atom. The molecule has 0 N–H and O–H groups in total. The van der Waals surface area contributed by atoms with E-state index in [4.69, 9.17) is 3.63 Å². The van der Waals surface area contributed by atoms with Gasteiger partial charge in [-0.15, -0.1) is 10.3 Å². The molecule has 0 amide bonds. The lowest BCUT2D eigenvalue weighted by Gasteiger charge is -2.33. The van der Waals surface area contributed by atoms with Crippen LogP contribution in [0.3, 0.4) is 0 Å². The summed E-state index contributed by atoms with van der Waals surface area (Å²) in [6.07, 6.45) is 8.33. The van der Waals surface area contributed by atoms with Gasteiger partial charge in [0.1, 0.15) is 5.78 Å². The Labute approximate surface area is 138 Å². The Morgan fingerprint density at radius 1 is 1.00 bits per heavy atom. The van der Waals surface area contributed by atoms with Gasteiger partial charge in [0.05, 0.1) is 11.5 Å². The lowest BCUT2D eigenvalue weighted by atomic mass is 10.1. The topological polar surface area (TPSA) is 60.4 Å². The fraction of sp³-hybridized carbons (Fsp3) is 0.938. The van der Waals surface area contributed by atoms with Crippen LogP contribution < -0.4 is 0 Å². The van der Waals surface area contributed by atoms with E-state index >= 15 is 0 Å². The molecular formula is C16H32O4S2. The number of hydrogen-bond acceptors (Lipinski definition) is 4. The number of Topliss-reactive ketones (excluding diaryl/α,β-unsaturated/α-hetero) is 1. The van der Waals surface area contributed by atoms with Crippen LogP contribution in [0.25, 0.3) is 0 Å². The predicted molar refractivity (Wildman–Crippen MR) is 95.0 cm³/mol. The summed E-state index contributed by atoms with van der Waals surface area (Å²) < 4.78 is 29.9. The number of unbranched alkanes of at least 4 members (excludes halogenated alkanes) is 4. The SMILES string of the molecule is CCCCCCC(=O)CS1(OS(=O)(=O)CCCC)CCCC1. The highest BCUT2D eigenvalue weighted by Gasteiger charge is 2.36. The molecule has 0 aromatic heterocycles. The van der Waals surface area contributed by atoms with E-state index in [1.54, 1.807) is 0 Å². The Morgan fingerprint density at radius 3 is 2.23 bits per heavy atom. The molecular weight excluding hydrogens is 320 g/mol. The Balaban J connectivity index is 2.54. The molecule has 1 heterocycles. The molecule has 0 bridgehead atoms. The fourth-order valence-corrected chi connectivity index (χ4v) is 8.85. The first kappa shape index (κ1) is 20.0. The van der Waals surface area contributed by atoms with Gasteiger partial charge in [0, 0.05) is 17.9 Å². The van der Waals surface area contributed by atoms with E-state index < -0.39 is 20.4 Å². The van der Waals surface area contributed by atoms with Crippen molar-refractivity contribution in [3.8, 4) is 0 Å². The first-order chi connectivity index (χ1) is 10.4. The quantitative estimate of drug-likeness (QED) is 0.494. The second-order valence-corrected chi connectivity index (χ2v) is 11.4. The van der Waals surface area contributed by atoms with Gasteiger partial charge in [-0.25, -0.2) is 3.63 Å². The molecule has 0 radical (unpaired) electrons. The molecule has 22 heavy (non-hydrogen) atoms. The number of rotatable bonds is 12. The zero-order valence-electron chi connectivity index (χ0n) is 14.1. The molecule has 1 fully saturated rings. The molecule has 6 heteroatoms. The van der Waals surface area contributed by atoms with Gasteiger partial charge in [-0.05, 0) is 25.7 Å². The predicted octanol–water partition coefficient (Wildman–Crippen LogP) is 4.19. The molecule has 0 aromatic rings. The number of hydrogen-bond donors (Lipinski definition) is 0. The maximum absolute atomic E-state index is 12.2. The van der Waals surface area contributed by atoms with Crippen LogP contribution in [0, 0.1) is 0 Å². The van der Waals surface area contributed by atoms with Crippen LogP contribution in [0.4, 0.5) is 0 Å². The molecule has 0 spiro atoms. The molecule has 1 aliphatic rings. The molecule has 132 valence electrons. The van der Waals surface area contributed by atoms with Crippen LogP contribution in [0.1, 0.15) is 71.6 Å².